The quantitative estimate of drug-likeness (QED) is 0.538. The van der Waals surface area contributed by atoms with Crippen LogP contribution in [-0.2, 0) is 39.3 Å². The average Bonchev–Trinajstić information content (AvgIpc) is 1.65. The molecule has 100 valence electrons. The molecule has 0 amide bonds. The fourth-order valence-corrected chi connectivity index (χ4v) is 13.1. The summed E-state index contributed by atoms with van der Waals surface area (Å²) in [6.45, 7) is 0. The molecule has 0 aromatic rings. The summed E-state index contributed by atoms with van der Waals surface area (Å²) < 4.78 is 115. The van der Waals surface area contributed by atoms with Crippen LogP contribution in [0.25, 0.3) is 0 Å². The minimum absolute atomic E-state index is 2.40. The van der Waals surface area contributed by atoms with E-state index >= 15 is 0 Å². The molecular weight excluding hydrogens is 364 g/mol. The van der Waals surface area contributed by atoms with Gasteiger partial charge in [0.15, 0.2) is 0 Å². The summed E-state index contributed by atoms with van der Waals surface area (Å²) in [5, 5.41) is 0. The van der Waals surface area contributed by atoms with E-state index in [0.29, 0.717) is 0 Å². The van der Waals surface area contributed by atoms with E-state index in [2.05, 4.69) is 8.37 Å². The molecule has 0 rings (SSSR count). The molecule has 0 aliphatic rings. The van der Waals surface area contributed by atoms with Crippen molar-refractivity contribution in [3.05, 3.63) is 0 Å². The first kappa shape index (κ1) is 17.0. The Balaban J connectivity index is 4.86. The Morgan fingerprint density at radius 1 is 0.706 bits per heavy atom. The molecule has 0 aromatic heterocycles. The van der Waals surface area contributed by atoms with Crippen molar-refractivity contribution in [2.75, 3.05) is 0 Å². The summed E-state index contributed by atoms with van der Waals surface area (Å²) >= 11 is -4.52. The number of hydrogen-bond acceptors (Lipinski definition) is 6. The van der Waals surface area contributed by atoms with Gasteiger partial charge in [-0.2, -0.15) is 0 Å². The van der Waals surface area contributed by atoms with Gasteiger partial charge >= 0.3 is 95.2 Å². The Bertz CT molecular complexity index is 414. The average molecular weight is 364 g/mol. The van der Waals surface area contributed by atoms with Crippen LogP contribution in [0.1, 0.15) is 0 Å². The number of rotatable bonds is 4. The van der Waals surface area contributed by atoms with Crippen LogP contribution in [0.15, 0.2) is 0 Å². The first-order valence-electron chi connectivity index (χ1n) is 3.12. The molecule has 0 spiro atoms. The van der Waals surface area contributed by atoms with Crippen molar-refractivity contribution in [1.29, 1.82) is 0 Å². The molecule has 15 heteroatoms. The molecule has 0 N–H and O–H groups in total. The predicted octanol–water partition coefficient (Wildman–Crippen LogP) is 0.631. The molecule has 0 aliphatic heterocycles. The molecule has 0 radical (unpaired) electrons. The number of alkyl halides is 6. The SMILES string of the molecule is O=[S](=O)(OC(F)(F)F)[Zn][S](=O)(=O)OC(F)(F)F. The van der Waals surface area contributed by atoms with E-state index in [1.165, 1.54) is 0 Å². The van der Waals surface area contributed by atoms with Crippen molar-refractivity contribution >= 4 is 16.2 Å². The van der Waals surface area contributed by atoms with Crippen molar-refractivity contribution in [2.45, 2.75) is 12.7 Å². The Kier molecular flexibility index (Phi) is 4.96. The second-order valence-corrected chi connectivity index (χ2v) is 19.2. The Morgan fingerprint density at radius 3 is 1.12 bits per heavy atom. The van der Waals surface area contributed by atoms with Gasteiger partial charge in [-0.25, -0.2) is 0 Å². The van der Waals surface area contributed by atoms with Gasteiger partial charge in [-0.1, -0.05) is 0 Å². The van der Waals surface area contributed by atoms with Gasteiger partial charge in [-0.3, -0.25) is 0 Å². The minimum atomic E-state index is -5.71. The number of halogens is 6. The molecule has 0 fully saturated rings. The fraction of sp³-hybridized carbons (Fsp3) is 1.00. The van der Waals surface area contributed by atoms with E-state index in [0.717, 1.165) is 0 Å². The summed E-state index contributed by atoms with van der Waals surface area (Å²) in [5.74, 6) is 0. The molecule has 0 aromatic carbocycles. The van der Waals surface area contributed by atoms with Crippen LogP contribution < -0.4 is 0 Å². The molecule has 0 atom stereocenters. The van der Waals surface area contributed by atoms with Crippen LogP contribution in [0.4, 0.5) is 26.3 Å². The molecular formula is C2F6O6S2Zn. The van der Waals surface area contributed by atoms with E-state index in [1.54, 1.807) is 0 Å². The monoisotopic (exact) mass is 362 g/mol. The first-order valence-corrected chi connectivity index (χ1v) is 13.5. The summed E-state index contributed by atoms with van der Waals surface area (Å²) in [7, 11) is -11.2. The van der Waals surface area contributed by atoms with Crippen LogP contribution in [-0.4, -0.2) is 29.6 Å². The zero-order chi connectivity index (χ0) is 14.1. The van der Waals surface area contributed by atoms with Crippen LogP contribution in [0.3, 0.4) is 0 Å². The third kappa shape index (κ3) is 9.70. The van der Waals surface area contributed by atoms with E-state index in [-0.39, 0.29) is 0 Å². The predicted molar refractivity (Wildman–Crippen MR) is 32.1 cm³/mol. The first-order chi connectivity index (χ1) is 7.12. The maximum absolute atomic E-state index is 11.4. The molecule has 0 bridgehead atoms. The van der Waals surface area contributed by atoms with Crippen LogP contribution >= 0.6 is 0 Å². The second-order valence-electron chi connectivity index (χ2n) is 2.29. The molecule has 17 heavy (non-hydrogen) atoms. The van der Waals surface area contributed by atoms with E-state index in [9.17, 15) is 43.2 Å². The summed E-state index contributed by atoms with van der Waals surface area (Å²) in [6.07, 6.45) is -11.4. The van der Waals surface area contributed by atoms with Gasteiger partial charge in [0.25, 0.3) is 0 Å². The van der Waals surface area contributed by atoms with Crippen LogP contribution in [0, 0.1) is 0 Å². The summed E-state index contributed by atoms with van der Waals surface area (Å²) in [5.41, 5.74) is 0. The molecule has 0 heterocycles. The molecule has 6 nitrogen and oxygen atoms in total. The van der Waals surface area contributed by atoms with E-state index in [1.807, 2.05) is 0 Å². The molecule has 0 saturated heterocycles. The van der Waals surface area contributed by atoms with Gasteiger partial charge in [-0.15, -0.1) is 0 Å². The van der Waals surface area contributed by atoms with E-state index in [4.69, 9.17) is 0 Å². The maximum atomic E-state index is 11.4. The normalized spacial score (nSPS) is 14.5. The zero-order valence-corrected chi connectivity index (χ0v) is 11.8. The van der Waals surface area contributed by atoms with Gasteiger partial charge in [0.05, 0.1) is 0 Å². The van der Waals surface area contributed by atoms with Gasteiger partial charge < -0.3 is 0 Å². The fourth-order valence-electron chi connectivity index (χ4n) is 0.513. The van der Waals surface area contributed by atoms with Crippen molar-refractivity contribution < 1.29 is 66.2 Å². The van der Waals surface area contributed by atoms with Gasteiger partial charge in [-0.05, 0) is 0 Å². The molecule has 0 saturated carbocycles. The van der Waals surface area contributed by atoms with E-state index < -0.39 is 43.6 Å². The Labute approximate surface area is 95.4 Å². The topological polar surface area (TPSA) is 86.7 Å². The Hall–Kier alpha value is 0.0234. The van der Waals surface area contributed by atoms with Crippen LogP contribution in [0.5, 0.6) is 0 Å². The van der Waals surface area contributed by atoms with Crippen molar-refractivity contribution in [3.63, 3.8) is 0 Å². The van der Waals surface area contributed by atoms with Crippen LogP contribution in [0.2, 0.25) is 0 Å². The van der Waals surface area contributed by atoms with Crippen molar-refractivity contribution in [2.24, 2.45) is 0 Å². The van der Waals surface area contributed by atoms with Crippen molar-refractivity contribution in [3.8, 4) is 0 Å². The molecule has 0 aliphatic carbocycles. The molecule has 0 unspecified atom stereocenters. The summed E-state index contributed by atoms with van der Waals surface area (Å²) in [6, 6.07) is 0. The summed E-state index contributed by atoms with van der Waals surface area (Å²) in [4.78, 5) is 0. The van der Waals surface area contributed by atoms with Crippen molar-refractivity contribution in [1.82, 2.24) is 0 Å². The third-order valence-electron chi connectivity index (χ3n) is 0.732. The van der Waals surface area contributed by atoms with Gasteiger partial charge in [0.2, 0.25) is 0 Å². The standard InChI is InChI=1S/2CF3O3S.Zn/c2*2-1(3,4)7-8(5)6;. The second kappa shape index (κ2) is 4.95. The van der Waals surface area contributed by atoms with Gasteiger partial charge in [0, 0.05) is 0 Å². The number of hydrogen-bond donors (Lipinski definition) is 0. The van der Waals surface area contributed by atoms with Gasteiger partial charge in [0.1, 0.15) is 0 Å². The zero-order valence-electron chi connectivity index (χ0n) is 7.24. The Morgan fingerprint density at radius 2 is 0.941 bits per heavy atom. The third-order valence-corrected chi connectivity index (χ3v) is 16.3.